The quantitative estimate of drug-likeness (QED) is 0.126. The van der Waals surface area contributed by atoms with Crippen LogP contribution in [0.25, 0.3) is 0 Å². The summed E-state index contributed by atoms with van der Waals surface area (Å²) in [7, 11) is 0. The molecule has 2 aromatic carbocycles. The zero-order valence-electron chi connectivity index (χ0n) is 39.1. The van der Waals surface area contributed by atoms with Crippen molar-refractivity contribution in [3.63, 3.8) is 0 Å². The molecule has 6 amide bonds. The molecule has 5 saturated heterocycles. The summed E-state index contributed by atoms with van der Waals surface area (Å²) >= 11 is 0. The molecule has 6 atom stereocenters. The van der Waals surface area contributed by atoms with Gasteiger partial charge < -0.3 is 35.3 Å². The molecular weight excluding hydrogens is 859 g/mol. The Kier molecular flexibility index (Phi) is 18.1. The number of carbonyl (C=O) groups excluding carboxylic acids is 5. The number of hydrogen-bond acceptors (Lipinski definition) is 11. The number of rotatable bonds is 11. The zero-order valence-corrected chi connectivity index (χ0v) is 39.1. The highest BCUT2D eigenvalue weighted by molar-refractivity contribution is 5.91. The van der Waals surface area contributed by atoms with Gasteiger partial charge in [-0.2, -0.15) is 5.26 Å². The van der Waals surface area contributed by atoms with Crippen molar-refractivity contribution in [3.8, 4) is 6.07 Å². The van der Waals surface area contributed by atoms with Crippen LogP contribution in [-0.4, -0.2) is 148 Å². The van der Waals surface area contributed by atoms with Crippen LogP contribution >= 0.6 is 0 Å². The summed E-state index contributed by atoms with van der Waals surface area (Å²) in [6.45, 7) is 10.8. The fraction of sp³-hybridized carbons (Fsp3) is 0.612. The van der Waals surface area contributed by atoms with E-state index in [1.165, 1.54) is 16.0 Å². The van der Waals surface area contributed by atoms with Crippen molar-refractivity contribution in [2.45, 2.75) is 109 Å². The Morgan fingerprint density at radius 3 is 1.76 bits per heavy atom. The maximum Gasteiger partial charge on any atom is 0.407 e. The number of carbonyl (C=O) groups is 6. The Labute approximate surface area is 393 Å². The summed E-state index contributed by atoms with van der Waals surface area (Å²) in [5, 5.41) is 43.5. The van der Waals surface area contributed by atoms with Gasteiger partial charge in [-0.3, -0.25) is 34.4 Å². The topological polar surface area (TPSA) is 248 Å². The molecule has 5 heterocycles. The first-order valence-corrected chi connectivity index (χ1v) is 24.0. The van der Waals surface area contributed by atoms with Gasteiger partial charge in [-0.05, 0) is 131 Å². The normalized spacial score (nSPS) is 24.8. The predicted molar refractivity (Wildman–Crippen MR) is 246 cm³/mol. The Morgan fingerprint density at radius 2 is 1.27 bits per heavy atom. The zero-order chi connectivity index (χ0) is 48.2. The van der Waals surface area contributed by atoms with Crippen LogP contribution in [0.2, 0.25) is 0 Å². The minimum atomic E-state index is -1.01. The summed E-state index contributed by atoms with van der Waals surface area (Å²) in [4.78, 5) is 82.5. The molecule has 5 aliphatic heterocycles. The molecule has 2 aromatic rings. The van der Waals surface area contributed by atoms with Crippen LogP contribution < -0.4 is 21.6 Å². The lowest BCUT2D eigenvalue weighted by molar-refractivity contribution is -0.145. The third-order valence-corrected chi connectivity index (χ3v) is 14.6. The van der Waals surface area contributed by atoms with E-state index in [-0.39, 0.29) is 42.1 Å². The second-order valence-electron chi connectivity index (χ2n) is 19.3. The number of amides is 6. The summed E-state index contributed by atoms with van der Waals surface area (Å²) in [5.41, 5.74) is 7.66. The number of nitrogens with one attached hydrogen (secondary N) is 4. The molecule has 67 heavy (non-hydrogen) atoms. The van der Waals surface area contributed by atoms with E-state index >= 15 is 0 Å². The molecule has 7 rings (SSSR count). The van der Waals surface area contributed by atoms with Crippen molar-refractivity contribution in [1.82, 2.24) is 41.2 Å². The van der Waals surface area contributed by atoms with Crippen LogP contribution in [0.1, 0.15) is 106 Å². The van der Waals surface area contributed by atoms with Gasteiger partial charge in [0.25, 0.3) is 0 Å². The second-order valence-corrected chi connectivity index (χ2v) is 19.3. The van der Waals surface area contributed by atoms with E-state index < -0.39 is 41.8 Å². The van der Waals surface area contributed by atoms with Gasteiger partial charge in [0.05, 0.1) is 35.6 Å². The Hall–Kier alpha value is -5.61. The maximum absolute atomic E-state index is 13.4. The Balaban J connectivity index is 0.000000222. The molecule has 0 spiro atoms. The monoisotopic (exact) mass is 928 g/mol. The molecule has 0 bridgehead atoms. The summed E-state index contributed by atoms with van der Waals surface area (Å²) in [6, 6.07) is 16.6. The minimum Gasteiger partial charge on any atom is -0.465 e. The van der Waals surface area contributed by atoms with Gasteiger partial charge in [-0.15, -0.1) is 0 Å². The highest BCUT2D eigenvalue weighted by Gasteiger charge is 2.44. The van der Waals surface area contributed by atoms with Crippen molar-refractivity contribution in [2.24, 2.45) is 23.7 Å². The Morgan fingerprint density at radius 1 is 0.746 bits per heavy atom. The average Bonchev–Trinajstić information content (AvgIpc) is 3.91. The number of hydrogen-bond donors (Lipinski definition) is 7. The molecule has 5 aliphatic rings. The van der Waals surface area contributed by atoms with E-state index in [0.29, 0.717) is 75.9 Å². The number of nitriles is 1. The minimum absolute atomic E-state index is 0.0560. The van der Waals surface area contributed by atoms with Gasteiger partial charge in [0, 0.05) is 64.8 Å². The third-order valence-electron chi connectivity index (χ3n) is 14.6. The molecule has 0 aliphatic carbocycles. The first-order chi connectivity index (χ1) is 32.2. The lowest BCUT2D eigenvalue weighted by Crippen LogP contribution is -2.60. The van der Waals surface area contributed by atoms with Crippen LogP contribution in [0, 0.1) is 41.9 Å². The van der Waals surface area contributed by atoms with E-state index in [1.807, 2.05) is 48.2 Å². The first-order valence-electron chi connectivity index (χ1n) is 24.0. The molecule has 364 valence electrons. The molecule has 5 fully saturated rings. The second kappa shape index (κ2) is 23.9. The van der Waals surface area contributed by atoms with Crippen molar-refractivity contribution in [3.05, 3.63) is 70.8 Å². The molecule has 0 aromatic heterocycles. The third kappa shape index (κ3) is 12.9. The van der Waals surface area contributed by atoms with E-state index in [2.05, 4.69) is 28.8 Å². The van der Waals surface area contributed by atoms with Gasteiger partial charge in [-0.25, -0.2) is 15.8 Å². The van der Waals surface area contributed by atoms with Crippen molar-refractivity contribution >= 4 is 35.6 Å². The van der Waals surface area contributed by atoms with E-state index in [0.717, 1.165) is 57.2 Å². The number of carboxylic acid groups (broad SMARTS) is 1. The smallest absolute Gasteiger partial charge is 0.407 e. The van der Waals surface area contributed by atoms with Crippen LogP contribution in [0.5, 0.6) is 0 Å². The van der Waals surface area contributed by atoms with Gasteiger partial charge in [0.15, 0.2) is 0 Å². The van der Waals surface area contributed by atoms with Gasteiger partial charge in [0.2, 0.25) is 29.5 Å². The number of likely N-dealkylation sites (tertiary alicyclic amines) is 3. The highest BCUT2D eigenvalue weighted by atomic mass is 16.5. The number of benzene rings is 2. The molecular formula is C49H69N9O9. The SMILES string of the molecule is CC(C)N(CC1CN[C@H](C(=O)N2CCC(c3ccccc3)CC2)[C@@H](C(=O)NO)C1)C(=O)O.Cc1cc(C#N)ccc1C1CCN(C(=O)[C@H]2NC[C@@H](CC(=O)N3CCCC3)C[C@@H]2C(=O)NO)CC1. The lowest BCUT2D eigenvalue weighted by atomic mass is 9.81. The molecule has 18 heteroatoms. The molecule has 7 N–H and O–H groups in total. The van der Waals surface area contributed by atoms with Crippen LogP contribution in [-0.2, 0) is 24.0 Å². The van der Waals surface area contributed by atoms with Crippen molar-refractivity contribution in [2.75, 3.05) is 58.9 Å². The number of hydroxylamine groups is 2. The van der Waals surface area contributed by atoms with Crippen molar-refractivity contribution in [1.29, 1.82) is 5.26 Å². The fourth-order valence-corrected chi connectivity index (χ4v) is 10.8. The highest BCUT2D eigenvalue weighted by Crippen LogP contribution is 2.34. The Bertz CT molecular complexity index is 2080. The standard InChI is InChI=1S/C26H35N5O4.C23H34N4O5/c1-17-12-18(15-27)4-5-21(17)20-6-10-31(11-7-20)26(34)24-22(25(33)29-35)13-19(16-28-24)14-23(32)30-8-2-3-9-30;1-15(2)27(23(30)31)14-16-12-19(21(28)25-32)20(24-13-16)22(29)26-10-8-18(9-11-26)17-6-4-3-5-7-17/h4-5,12,19-20,22,24,28,35H,2-3,6-11,13-14,16H2,1H3,(H,29,33);3-7,15-16,18-20,24,32H,8-14H2,1-2H3,(H,25,28)(H,30,31)/t19-,22+,24+;16?,19-,20-/m10/s1. The van der Waals surface area contributed by atoms with Crippen LogP contribution in [0.3, 0.4) is 0 Å². The molecule has 18 nitrogen and oxygen atoms in total. The predicted octanol–water partition coefficient (Wildman–Crippen LogP) is 3.57. The largest absolute Gasteiger partial charge is 0.465 e. The number of aryl methyl sites for hydroxylation is 1. The summed E-state index contributed by atoms with van der Waals surface area (Å²) < 4.78 is 0. The van der Waals surface area contributed by atoms with Gasteiger partial charge in [-0.1, -0.05) is 36.4 Å². The van der Waals surface area contributed by atoms with Crippen LogP contribution in [0.4, 0.5) is 4.79 Å². The average molecular weight is 928 g/mol. The summed E-state index contributed by atoms with van der Waals surface area (Å²) in [6.07, 6.45) is 5.46. The molecule has 0 radical (unpaired) electrons. The maximum atomic E-state index is 13.4. The van der Waals surface area contributed by atoms with E-state index in [9.17, 15) is 44.3 Å². The first kappa shape index (κ1) is 50.8. The lowest BCUT2D eigenvalue weighted by Gasteiger charge is -2.41. The molecule has 0 saturated carbocycles. The van der Waals surface area contributed by atoms with E-state index in [4.69, 9.17) is 5.26 Å². The van der Waals surface area contributed by atoms with E-state index in [1.54, 1.807) is 34.6 Å². The summed E-state index contributed by atoms with van der Waals surface area (Å²) in [5.74, 6) is -2.31. The van der Waals surface area contributed by atoms with Gasteiger partial charge >= 0.3 is 6.09 Å². The fourth-order valence-electron chi connectivity index (χ4n) is 10.8. The van der Waals surface area contributed by atoms with Crippen molar-refractivity contribution < 1.29 is 44.3 Å². The number of piperidine rings is 4. The number of nitrogens with zero attached hydrogens (tertiary/aromatic N) is 5. The van der Waals surface area contributed by atoms with Gasteiger partial charge in [0.1, 0.15) is 0 Å². The molecule has 1 unspecified atom stereocenters. The van der Waals surface area contributed by atoms with Crippen LogP contribution in [0.15, 0.2) is 48.5 Å².